The minimum atomic E-state index is 0.909. The molecule has 0 saturated carbocycles. The molecule has 0 atom stereocenters. The molecule has 21 heavy (non-hydrogen) atoms. The fourth-order valence-electron chi connectivity index (χ4n) is 2.79. The van der Waals surface area contributed by atoms with Crippen molar-refractivity contribution in [3.63, 3.8) is 0 Å². The van der Waals surface area contributed by atoms with Gasteiger partial charge >= 0.3 is 0 Å². The molecule has 3 aromatic rings. The largest absolute Gasteiger partial charge is 0.368 e. The van der Waals surface area contributed by atoms with Crippen LogP contribution in [-0.2, 0) is 0 Å². The molecule has 4 rings (SSSR count). The van der Waals surface area contributed by atoms with Crippen LogP contribution in [0.3, 0.4) is 0 Å². The van der Waals surface area contributed by atoms with Crippen LogP contribution in [0.5, 0.6) is 0 Å². The Morgan fingerprint density at radius 2 is 1.86 bits per heavy atom. The van der Waals surface area contributed by atoms with E-state index in [4.69, 9.17) is 0 Å². The van der Waals surface area contributed by atoms with E-state index in [0.29, 0.717) is 0 Å². The van der Waals surface area contributed by atoms with Gasteiger partial charge in [-0.2, -0.15) is 5.10 Å². The highest BCUT2D eigenvalue weighted by Gasteiger charge is 2.12. The third-order valence-corrected chi connectivity index (χ3v) is 3.94. The molecule has 1 fully saturated rings. The standard InChI is InChI=1S/C16H17N5/c1-2-4-14-13(3-1)16(20-19-14)15-6-5-12(11-18-15)21-9-7-17-8-10-21/h1-6,11,17H,7-10H2,(H,19,20). The summed E-state index contributed by atoms with van der Waals surface area (Å²) in [6, 6.07) is 12.3. The van der Waals surface area contributed by atoms with Crippen LogP contribution in [0.2, 0.25) is 0 Å². The molecule has 1 saturated heterocycles. The van der Waals surface area contributed by atoms with Crippen LogP contribution in [0.25, 0.3) is 22.3 Å². The molecule has 0 unspecified atom stereocenters. The van der Waals surface area contributed by atoms with Gasteiger partial charge in [0.1, 0.15) is 5.69 Å². The maximum atomic E-state index is 4.60. The molecule has 0 radical (unpaired) electrons. The van der Waals surface area contributed by atoms with Crippen LogP contribution in [0.15, 0.2) is 42.6 Å². The summed E-state index contributed by atoms with van der Waals surface area (Å²) in [5.41, 5.74) is 4.05. The van der Waals surface area contributed by atoms with Gasteiger partial charge in [0.2, 0.25) is 0 Å². The Hall–Kier alpha value is -2.40. The fourth-order valence-corrected chi connectivity index (χ4v) is 2.79. The van der Waals surface area contributed by atoms with Gasteiger partial charge in [-0.1, -0.05) is 18.2 Å². The number of nitrogens with zero attached hydrogens (tertiary/aromatic N) is 3. The zero-order valence-corrected chi connectivity index (χ0v) is 11.7. The van der Waals surface area contributed by atoms with Crippen LogP contribution in [0.4, 0.5) is 5.69 Å². The molecule has 1 aliphatic rings. The molecule has 2 N–H and O–H groups in total. The van der Waals surface area contributed by atoms with Crippen LogP contribution in [-0.4, -0.2) is 41.4 Å². The number of aromatic nitrogens is 3. The topological polar surface area (TPSA) is 56.8 Å². The van der Waals surface area contributed by atoms with Crippen LogP contribution in [0, 0.1) is 0 Å². The van der Waals surface area contributed by atoms with Gasteiger partial charge in [0, 0.05) is 31.6 Å². The summed E-state index contributed by atoms with van der Waals surface area (Å²) in [4.78, 5) is 6.96. The number of nitrogens with one attached hydrogen (secondary N) is 2. The van der Waals surface area contributed by atoms with E-state index in [-0.39, 0.29) is 0 Å². The van der Waals surface area contributed by atoms with E-state index in [2.05, 4.69) is 43.6 Å². The molecule has 5 heteroatoms. The molecule has 3 heterocycles. The Kier molecular flexibility index (Phi) is 3.05. The molecule has 1 aliphatic heterocycles. The highest BCUT2D eigenvalue weighted by atomic mass is 15.2. The second-order valence-electron chi connectivity index (χ2n) is 5.26. The number of H-pyrrole nitrogens is 1. The lowest BCUT2D eigenvalue weighted by Gasteiger charge is -2.29. The molecular formula is C16H17N5. The highest BCUT2D eigenvalue weighted by molar-refractivity contribution is 5.91. The summed E-state index contributed by atoms with van der Waals surface area (Å²) >= 11 is 0. The molecule has 5 nitrogen and oxygen atoms in total. The highest BCUT2D eigenvalue weighted by Crippen LogP contribution is 2.25. The first-order valence-corrected chi connectivity index (χ1v) is 7.27. The van der Waals surface area contributed by atoms with Crippen molar-refractivity contribution >= 4 is 16.6 Å². The Bertz CT molecular complexity index is 741. The van der Waals surface area contributed by atoms with Gasteiger partial charge in [-0.05, 0) is 18.2 Å². The van der Waals surface area contributed by atoms with Gasteiger partial charge in [-0.25, -0.2) is 0 Å². The van der Waals surface area contributed by atoms with E-state index in [9.17, 15) is 0 Å². The number of para-hydroxylation sites is 1. The van der Waals surface area contributed by atoms with Gasteiger partial charge in [0.25, 0.3) is 0 Å². The number of fused-ring (bicyclic) bond motifs is 1. The Morgan fingerprint density at radius 3 is 2.67 bits per heavy atom. The quantitative estimate of drug-likeness (QED) is 0.753. The number of piperazine rings is 1. The van der Waals surface area contributed by atoms with Crippen LogP contribution < -0.4 is 10.2 Å². The molecule has 106 valence electrons. The molecule has 0 amide bonds. The van der Waals surface area contributed by atoms with E-state index in [1.807, 2.05) is 24.4 Å². The number of anilines is 1. The SMILES string of the molecule is c1ccc2c(-c3ccc(N4CCNCC4)cn3)n[nH]c2c1. The van der Waals surface area contributed by atoms with E-state index in [0.717, 1.165) is 48.5 Å². The first-order chi connectivity index (χ1) is 10.4. The molecule has 0 bridgehead atoms. The third-order valence-electron chi connectivity index (χ3n) is 3.94. The second kappa shape index (κ2) is 5.18. The first kappa shape index (κ1) is 12.3. The van der Waals surface area contributed by atoms with E-state index in [1.165, 1.54) is 5.69 Å². The lowest BCUT2D eigenvalue weighted by Crippen LogP contribution is -2.43. The van der Waals surface area contributed by atoms with E-state index < -0.39 is 0 Å². The van der Waals surface area contributed by atoms with Crippen molar-refractivity contribution in [1.82, 2.24) is 20.5 Å². The smallest absolute Gasteiger partial charge is 0.118 e. The van der Waals surface area contributed by atoms with Crippen molar-refractivity contribution in [2.75, 3.05) is 31.1 Å². The van der Waals surface area contributed by atoms with E-state index in [1.54, 1.807) is 0 Å². The number of aromatic amines is 1. The summed E-state index contributed by atoms with van der Waals surface area (Å²) in [5, 5.41) is 11.9. The third kappa shape index (κ3) is 2.25. The van der Waals surface area contributed by atoms with Gasteiger partial charge < -0.3 is 10.2 Å². The fraction of sp³-hybridized carbons (Fsp3) is 0.250. The van der Waals surface area contributed by atoms with Gasteiger partial charge in [-0.3, -0.25) is 10.1 Å². The predicted molar refractivity (Wildman–Crippen MR) is 84.4 cm³/mol. The molecule has 2 aromatic heterocycles. The zero-order valence-electron chi connectivity index (χ0n) is 11.7. The van der Waals surface area contributed by atoms with Crippen molar-refractivity contribution < 1.29 is 0 Å². The summed E-state index contributed by atoms with van der Waals surface area (Å²) < 4.78 is 0. The monoisotopic (exact) mass is 279 g/mol. The minimum absolute atomic E-state index is 0.909. The number of pyridine rings is 1. The van der Waals surface area contributed by atoms with Crippen molar-refractivity contribution in [3.8, 4) is 11.4 Å². The Labute approximate surface area is 123 Å². The van der Waals surface area contributed by atoms with E-state index >= 15 is 0 Å². The Balaban J connectivity index is 1.67. The zero-order chi connectivity index (χ0) is 14.1. The van der Waals surface area contributed by atoms with Crippen molar-refractivity contribution in [2.45, 2.75) is 0 Å². The van der Waals surface area contributed by atoms with Crippen LogP contribution >= 0.6 is 0 Å². The van der Waals surface area contributed by atoms with Gasteiger partial charge in [0.15, 0.2) is 0 Å². The lowest BCUT2D eigenvalue weighted by molar-refractivity contribution is 0.589. The average molecular weight is 279 g/mol. The van der Waals surface area contributed by atoms with Crippen LogP contribution in [0.1, 0.15) is 0 Å². The summed E-state index contributed by atoms with van der Waals surface area (Å²) in [5.74, 6) is 0. The maximum Gasteiger partial charge on any atom is 0.118 e. The number of hydrogen-bond donors (Lipinski definition) is 2. The maximum absolute atomic E-state index is 4.60. The summed E-state index contributed by atoms with van der Waals surface area (Å²) in [7, 11) is 0. The number of hydrogen-bond acceptors (Lipinski definition) is 4. The molecule has 0 spiro atoms. The van der Waals surface area contributed by atoms with Crippen molar-refractivity contribution in [2.24, 2.45) is 0 Å². The number of rotatable bonds is 2. The summed E-state index contributed by atoms with van der Waals surface area (Å²) in [6.45, 7) is 4.14. The predicted octanol–water partition coefficient (Wildman–Crippen LogP) is 2.03. The first-order valence-electron chi connectivity index (χ1n) is 7.27. The van der Waals surface area contributed by atoms with Gasteiger partial charge in [-0.15, -0.1) is 0 Å². The number of benzene rings is 1. The normalized spacial score (nSPS) is 15.5. The minimum Gasteiger partial charge on any atom is -0.368 e. The molecule has 0 aliphatic carbocycles. The van der Waals surface area contributed by atoms with Crippen molar-refractivity contribution in [1.29, 1.82) is 0 Å². The van der Waals surface area contributed by atoms with Gasteiger partial charge in [0.05, 0.1) is 23.1 Å². The Morgan fingerprint density at radius 1 is 1.00 bits per heavy atom. The van der Waals surface area contributed by atoms with Crippen molar-refractivity contribution in [3.05, 3.63) is 42.6 Å². The second-order valence-corrected chi connectivity index (χ2v) is 5.26. The molecular weight excluding hydrogens is 262 g/mol. The average Bonchev–Trinajstić information content (AvgIpc) is 3.00. The molecule has 1 aromatic carbocycles. The summed E-state index contributed by atoms with van der Waals surface area (Å²) in [6.07, 6.45) is 1.95. The lowest BCUT2D eigenvalue weighted by atomic mass is 10.1.